The molecule has 0 aliphatic rings. The number of carbonyl (C=O) groups is 2. The number of rotatable bonds is 7. The van der Waals surface area contributed by atoms with Crippen LogP contribution in [0.5, 0.6) is 0 Å². The third-order valence-electron chi connectivity index (χ3n) is 3.58. The molecule has 0 saturated carbocycles. The average Bonchev–Trinajstić information content (AvgIpc) is 3.04. The molecule has 28 heavy (non-hydrogen) atoms. The molecule has 0 fully saturated rings. The number of ether oxygens (including phenoxy) is 1. The first-order valence-corrected chi connectivity index (χ1v) is 9.55. The van der Waals surface area contributed by atoms with Crippen LogP contribution in [0.2, 0.25) is 5.02 Å². The van der Waals surface area contributed by atoms with Crippen molar-refractivity contribution < 1.29 is 14.3 Å². The molecule has 152 valence electrons. The molecule has 0 bridgehead atoms. The van der Waals surface area contributed by atoms with Crippen molar-refractivity contribution in [3.63, 3.8) is 0 Å². The number of nitrogens with zero attached hydrogens (tertiary/aromatic N) is 3. The van der Waals surface area contributed by atoms with Crippen LogP contribution in [0, 0.1) is 0 Å². The molecule has 2 aromatic rings. The smallest absolute Gasteiger partial charge is 0.407 e. The summed E-state index contributed by atoms with van der Waals surface area (Å²) in [6.45, 7) is 8.08. The zero-order valence-electron chi connectivity index (χ0n) is 16.6. The molecule has 2 N–H and O–H groups in total. The Bertz CT molecular complexity index is 829. The maximum absolute atomic E-state index is 12.3. The lowest BCUT2D eigenvalue weighted by molar-refractivity contribution is 0.0527. The first-order chi connectivity index (χ1) is 13.2. The van der Waals surface area contributed by atoms with E-state index in [1.54, 1.807) is 31.5 Å². The molecule has 1 aromatic carbocycles. The SMILES string of the molecule is CCc1nc(C(=O)NCCCNC(=O)OC(C)(C)C)nn1-c1ccccc1Cl. The Morgan fingerprint density at radius 3 is 2.50 bits per heavy atom. The van der Waals surface area contributed by atoms with Crippen LogP contribution in [0.15, 0.2) is 24.3 Å². The Kier molecular flexibility index (Phi) is 7.39. The van der Waals surface area contributed by atoms with E-state index in [0.29, 0.717) is 42.5 Å². The fourth-order valence-electron chi connectivity index (χ4n) is 2.36. The third kappa shape index (κ3) is 6.23. The minimum atomic E-state index is -0.540. The highest BCUT2D eigenvalue weighted by atomic mass is 35.5. The molecule has 1 heterocycles. The molecule has 0 unspecified atom stereocenters. The summed E-state index contributed by atoms with van der Waals surface area (Å²) >= 11 is 6.23. The van der Waals surface area contributed by atoms with Crippen LogP contribution in [0.1, 0.15) is 50.6 Å². The highest BCUT2D eigenvalue weighted by Gasteiger charge is 2.18. The zero-order valence-corrected chi connectivity index (χ0v) is 17.3. The van der Waals surface area contributed by atoms with Crippen molar-refractivity contribution in [2.45, 2.75) is 46.1 Å². The number of alkyl carbamates (subject to hydrolysis) is 1. The minimum absolute atomic E-state index is 0.0804. The molecule has 1 aromatic heterocycles. The van der Waals surface area contributed by atoms with Crippen LogP contribution >= 0.6 is 11.6 Å². The average molecular weight is 408 g/mol. The second-order valence-corrected chi connectivity index (χ2v) is 7.51. The third-order valence-corrected chi connectivity index (χ3v) is 3.90. The standard InChI is InChI=1S/C19H26ClN5O3/c1-5-15-23-16(24-25(15)14-10-7-6-9-13(14)20)17(26)21-11-8-12-22-18(27)28-19(2,3)4/h6-7,9-10H,5,8,11-12H2,1-4H3,(H,21,26)(H,22,27). The number of benzene rings is 1. The molecule has 0 atom stereocenters. The van der Waals surface area contributed by atoms with Gasteiger partial charge in [-0.05, 0) is 39.3 Å². The van der Waals surface area contributed by atoms with E-state index in [-0.39, 0.29) is 11.7 Å². The maximum Gasteiger partial charge on any atom is 0.407 e. The Morgan fingerprint density at radius 2 is 1.86 bits per heavy atom. The second-order valence-electron chi connectivity index (χ2n) is 7.11. The molecule has 0 aliphatic heterocycles. The number of para-hydroxylation sites is 1. The predicted octanol–water partition coefficient (Wildman–Crippen LogP) is 3.13. The van der Waals surface area contributed by atoms with Gasteiger partial charge in [-0.15, -0.1) is 5.10 Å². The topological polar surface area (TPSA) is 98.1 Å². The normalized spacial score (nSPS) is 11.2. The first kappa shape index (κ1) is 21.7. The van der Waals surface area contributed by atoms with E-state index in [4.69, 9.17) is 16.3 Å². The van der Waals surface area contributed by atoms with Crippen molar-refractivity contribution in [2.24, 2.45) is 0 Å². The van der Waals surface area contributed by atoms with Gasteiger partial charge in [-0.2, -0.15) is 0 Å². The number of aryl methyl sites for hydroxylation is 1. The van der Waals surface area contributed by atoms with E-state index in [0.717, 1.165) is 0 Å². The van der Waals surface area contributed by atoms with Gasteiger partial charge in [0.05, 0.1) is 10.7 Å². The van der Waals surface area contributed by atoms with Crippen molar-refractivity contribution in [1.29, 1.82) is 0 Å². The van der Waals surface area contributed by atoms with Crippen molar-refractivity contribution >= 4 is 23.6 Å². The fraction of sp³-hybridized carbons (Fsp3) is 0.474. The summed E-state index contributed by atoms with van der Waals surface area (Å²) in [5, 5.41) is 10.2. The Balaban J connectivity index is 1.88. The van der Waals surface area contributed by atoms with E-state index < -0.39 is 11.7 Å². The van der Waals surface area contributed by atoms with Crippen molar-refractivity contribution in [2.75, 3.05) is 13.1 Å². The number of hydrogen-bond acceptors (Lipinski definition) is 5. The summed E-state index contributed by atoms with van der Waals surface area (Å²) in [4.78, 5) is 28.2. The molecule has 0 aliphatic carbocycles. The molecule has 9 heteroatoms. The number of halogens is 1. The first-order valence-electron chi connectivity index (χ1n) is 9.17. The number of aromatic nitrogens is 3. The lowest BCUT2D eigenvalue weighted by Gasteiger charge is -2.19. The summed E-state index contributed by atoms with van der Waals surface area (Å²) < 4.78 is 6.73. The molecule has 2 rings (SSSR count). The number of amides is 2. The number of carbonyl (C=O) groups excluding carboxylic acids is 2. The quantitative estimate of drug-likeness (QED) is 0.687. The van der Waals surface area contributed by atoms with Gasteiger partial charge in [0.2, 0.25) is 5.82 Å². The Morgan fingerprint density at radius 1 is 1.18 bits per heavy atom. The monoisotopic (exact) mass is 407 g/mol. The van der Waals surface area contributed by atoms with E-state index in [2.05, 4.69) is 20.7 Å². The predicted molar refractivity (Wildman–Crippen MR) is 107 cm³/mol. The molecule has 0 radical (unpaired) electrons. The number of nitrogens with one attached hydrogen (secondary N) is 2. The van der Waals surface area contributed by atoms with Crippen molar-refractivity contribution in [1.82, 2.24) is 25.4 Å². The van der Waals surface area contributed by atoms with Gasteiger partial charge in [-0.3, -0.25) is 4.79 Å². The van der Waals surface area contributed by atoms with Crippen LogP contribution in [0.4, 0.5) is 4.79 Å². The van der Waals surface area contributed by atoms with Gasteiger partial charge in [-0.1, -0.05) is 30.7 Å². The van der Waals surface area contributed by atoms with E-state index in [1.165, 1.54) is 0 Å². The second kappa shape index (κ2) is 9.54. The summed E-state index contributed by atoms with van der Waals surface area (Å²) in [6, 6.07) is 7.25. The van der Waals surface area contributed by atoms with Crippen LogP contribution in [0.25, 0.3) is 5.69 Å². The largest absolute Gasteiger partial charge is 0.444 e. The lowest BCUT2D eigenvalue weighted by atomic mass is 10.2. The lowest BCUT2D eigenvalue weighted by Crippen LogP contribution is -2.34. The van der Waals surface area contributed by atoms with Crippen LogP contribution in [0.3, 0.4) is 0 Å². The number of hydrogen-bond donors (Lipinski definition) is 2. The van der Waals surface area contributed by atoms with E-state index >= 15 is 0 Å². The summed E-state index contributed by atoms with van der Waals surface area (Å²) in [5.74, 6) is 0.347. The summed E-state index contributed by atoms with van der Waals surface area (Å²) in [5.41, 5.74) is 0.135. The fourth-order valence-corrected chi connectivity index (χ4v) is 2.58. The highest BCUT2D eigenvalue weighted by molar-refractivity contribution is 6.32. The van der Waals surface area contributed by atoms with Gasteiger partial charge in [0.1, 0.15) is 11.4 Å². The summed E-state index contributed by atoms with van der Waals surface area (Å²) in [6.07, 6.45) is 0.675. The Hall–Kier alpha value is -2.61. The van der Waals surface area contributed by atoms with Gasteiger partial charge in [0.15, 0.2) is 0 Å². The van der Waals surface area contributed by atoms with Crippen LogP contribution in [-0.4, -0.2) is 45.5 Å². The van der Waals surface area contributed by atoms with Gasteiger partial charge >= 0.3 is 6.09 Å². The molecular weight excluding hydrogens is 382 g/mol. The van der Waals surface area contributed by atoms with Gasteiger partial charge in [0.25, 0.3) is 5.91 Å². The van der Waals surface area contributed by atoms with Crippen molar-refractivity contribution in [3.8, 4) is 5.69 Å². The zero-order chi connectivity index (χ0) is 20.7. The van der Waals surface area contributed by atoms with Crippen LogP contribution in [-0.2, 0) is 11.2 Å². The molecule has 8 nitrogen and oxygen atoms in total. The van der Waals surface area contributed by atoms with Crippen LogP contribution < -0.4 is 10.6 Å². The van der Waals surface area contributed by atoms with E-state index in [1.807, 2.05) is 25.1 Å². The van der Waals surface area contributed by atoms with Crippen molar-refractivity contribution in [3.05, 3.63) is 40.9 Å². The van der Waals surface area contributed by atoms with Gasteiger partial charge < -0.3 is 15.4 Å². The minimum Gasteiger partial charge on any atom is -0.444 e. The Labute approximate surface area is 169 Å². The molecule has 0 spiro atoms. The molecular formula is C19H26ClN5O3. The summed E-state index contributed by atoms with van der Waals surface area (Å²) in [7, 11) is 0. The van der Waals surface area contributed by atoms with Gasteiger partial charge in [-0.25, -0.2) is 14.5 Å². The maximum atomic E-state index is 12.3. The van der Waals surface area contributed by atoms with E-state index in [9.17, 15) is 9.59 Å². The highest BCUT2D eigenvalue weighted by Crippen LogP contribution is 2.20. The molecule has 2 amide bonds. The molecule has 0 saturated heterocycles. The van der Waals surface area contributed by atoms with Gasteiger partial charge in [0, 0.05) is 19.5 Å².